The Morgan fingerprint density at radius 2 is 1.88 bits per heavy atom. The van der Waals surface area contributed by atoms with Gasteiger partial charge in [-0.15, -0.1) is 0 Å². The highest BCUT2D eigenvalue weighted by molar-refractivity contribution is 7.92. The van der Waals surface area contributed by atoms with E-state index in [1.807, 2.05) is 31.2 Å². The number of pyridine rings is 1. The number of hydrogen-bond donors (Lipinski definition) is 2. The summed E-state index contributed by atoms with van der Waals surface area (Å²) in [4.78, 5) is 4.19. The van der Waals surface area contributed by atoms with Crippen LogP contribution in [-0.4, -0.2) is 19.2 Å². The number of rotatable bonds is 8. The molecule has 1 heterocycles. The zero-order valence-corrected chi connectivity index (χ0v) is 15.2. The molecular formula is C18H25N3O2S. The number of benzene rings is 1. The van der Waals surface area contributed by atoms with Crippen LogP contribution in [0.25, 0.3) is 0 Å². The smallest absolute Gasteiger partial charge is 0.233 e. The van der Waals surface area contributed by atoms with Crippen molar-refractivity contribution < 1.29 is 8.42 Å². The first-order valence-electron chi connectivity index (χ1n) is 8.24. The molecule has 0 aliphatic carbocycles. The molecule has 0 atom stereocenters. The van der Waals surface area contributed by atoms with Crippen LogP contribution in [0.1, 0.15) is 45.1 Å². The summed E-state index contributed by atoms with van der Waals surface area (Å²) in [5.74, 6) is 0.868. The van der Waals surface area contributed by atoms with Crippen LogP contribution in [0.5, 0.6) is 0 Å². The summed E-state index contributed by atoms with van der Waals surface area (Å²) in [5, 5.41) is 3.34. The van der Waals surface area contributed by atoms with Crippen molar-refractivity contribution in [1.82, 2.24) is 4.98 Å². The average Bonchev–Trinajstić information content (AvgIpc) is 2.55. The lowest BCUT2D eigenvalue weighted by Crippen LogP contribution is -2.17. The Morgan fingerprint density at radius 1 is 1.12 bits per heavy atom. The van der Waals surface area contributed by atoms with Gasteiger partial charge in [0.2, 0.25) is 10.0 Å². The molecule has 0 fully saturated rings. The van der Waals surface area contributed by atoms with Crippen molar-refractivity contribution in [2.45, 2.75) is 39.5 Å². The van der Waals surface area contributed by atoms with Crippen LogP contribution in [0.2, 0.25) is 0 Å². The van der Waals surface area contributed by atoms with E-state index in [9.17, 15) is 8.42 Å². The third-order valence-electron chi connectivity index (χ3n) is 3.65. The SMILES string of the molecule is CCCCS(=O)(=O)Nc1ccc(Nc2ccccc2C(C)C)cn1. The van der Waals surface area contributed by atoms with E-state index in [2.05, 4.69) is 34.9 Å². The maximum atomic E-state index is 11.9. The van der Waals surface area contributed by atoms with Crippen molar-refractivity contribution in [2.24, 2.45) is 0 Å². The van der Waals surface area contributed by atoms with E-state index in [4.69, 9.17) is 0 Å². The Bertz CT molecular complexity index is 756. The van der Waals surface area contributed by atoms with E-state index < -0.39 is 10.0 Å². The fraction of sp³-hybridized carbons (Fsp3) is 0.389. The van der Waals surface area contributed by atoms with Crippen molar-refractivity contribution in [3.63, 3.8) is 0 Å². The topological polar surface area (TPSA) is 71.1 Å². The van der Waals surface area contributed by atoms with Crippen LogP contribution < -0.4 is 10.0 Å². The van der Waals surface area contributed by atoms with Crippen LogP contribution in [0.15, 0.2) is 42.6 Å². The number of nitrogens with zero attached hydrogens (tertiary/aromatic N) is 1. The fourth-order valence-corrected chi connectivity index (χ4v) is 3.55. The molecule has 6 heteroatoms. The zero-order chi connectivity index (χ0) is 17.6. The number of para-hydroxylation sites is 1. The molecule has 0 amide bonds. The third-order valence-corrected chi connectivity index (χ3v) is 5.00. The zero-order valence-electron chi connectivity index (χ0n) is 14.4. The molecule has 2 rings (SSSR count). The van der Waals surface area contributed by atoms with Gasteiger partial charge in [0.05, 0.1) is 17.6 Å². The predicted octanol–water partition coefficient (Wildman–Crippen LogP) is 4.49. The highest BCUT2D eigenvalue weighted by Crippen LogP contribution is 2.26. The summed E-state index contributed by atoms with van der Waals surface area (Å²) in [5.41, 5.74) is 3.08. The van der Waals surface area contributed by atoms with E-state index in [1.54, 1.807) is 12.3 Å². The predicted molar refractivity (Wildman–Crippen MR) is 100 cm³/mol. The van der Waals surface area contributed by atoms with E-state index in [1.165, 1.54) is 5.56 Å². The molecule has 0 radical (unpaired) electrons. The van der Waals surface area contributed by atoms with Gasteiger partial charge in [0, 0.05) is 5.69 Å². The Balaban J connectivity index is 2.08. The fourth-order valence-electron chi connectivity index (χ4n) is 2.34. The van der Waals surface area contributed by atoms with Crippen LogP contribution in [0.4, 0.5) is 17.2 Å². The highest BCUT2D eigenvalue weighted by Gasteiger charge is 2.10. The lowest BCUT2D eigenvalue weighted by molar-refractivity contribution is 0.597. The van der Waals surface area contributed by atoms with Crippen molar-refractivity contribution in [2.75, 3.05) is 15.8 Å². The lowest BCUT2D eigenvalue weighted by Gasteiger charge is -2.14. The van der Waals surface area contributed by atoms with Gasteiger partial charge in [0.15, 0.2) is 0 Å². The summed E-state index contributed by atoms with van der Waals surface area (Å²) in [6, 6.07) is 11.6. The third kappa shape index (κ3) is 5.23. The second-order valence-corrected chi connectivity index (χ2v) is 7.92. The first-order valence-corrected chi connectivity index (χ1v) is 9.89. The van der Waals surface area contributed by atoms with E-state index in [0.29, 0.717) is 18.2 Å². The van der Waals surface area contributed by atoms with Gasteiger partial charge in [0.25, 0.3) is 0 Å². The Labute approximate surface area is 144 Å². The van der Waals surface area contributed by atoms with Gasteiger partial charge in [-0.2, -0.15) is 0 Å². The monoisotopic (exact) mass is 347 g/mol. The van der Waals surface area contributed by atoms with Gasteiger partial charge in [-0.25, -0.2) is 13.4 Å². The van der Waals surface area contributed by atoms with Crippen LogP contribution >= 0.6 is 0 Å². The van der Waals surface area contributed by atoms with Gasteiger partial charge in [-0.3, -0.25) is 4.72 Å². The minimum Gasteiger partial charge on any atom is -0.354 e. The van der Waals surface area contributed by atoms with E-state index in [0.717, 1.165) is 17.8 Å². The normalized spacial score (nSPS) is 11.5. The maximum absolute atomic E-state index is 11.9. The van der Waals surface area contributed by atoms with Gasteiger partial charge in [0.1, 0.15) is 5.82 Å². The van der Waals surface area contributed by atoms with Gasteiger partial charge in [-0.05, 0) is 36.1 Å². The lowest BCUT2D eigenvalue weighted by atomic mass is 10.0. The summed E-state index contributed by atoms with van der Waals surface area (Å²) in [6.07, 6.45) is 3.11. The first-order chi connectivity index (χ1) is 11.4. The van der Waals surface area contributed by atoms with Crippen molar-refractivity contribution in [1.29, 1.82) is 0 Å². The largest absolute Gasteiger partial charge is 0.354 e. The summed E-state index contributed by atoms with van der Waals surface area (Å²) < 4.78 is 26.3. The van der Waals surface area contributed by atoms with Gasteiger partial charge < -0.3 is 5.32 Å². The summed E-state index contributed by atoms with van der Waals surface area (Å²) >= 11 is 0. The quantitative estimate of drug-likeness (QED) is 0.738. The minimum absolute atomic E-state index is 0.118. The van der Waals surface area contributed by atoms with E-state index in [-0.39, 0.29) is 5.75 Å². The number of anilines is 3. The molecule has 1 aromatic carbocycles. The number of aromatic nitrogens is 1. The van der Waals surface area contributed by atoms with Crippen LogP contribution in [0.3, 0.4) is 0 Å². The molecule has 0 aliphatic rings. The summed E-state index contributed by atoms with van der Waals surface area (Å²) in [6.45, 7) is 6.25. The molecule has 2 aromatic rings. The molecule has 0 bridgehead atoms. The number of nitrogens with one attached hydrogen (secondary N) is 2. The highest BCUT2D eigenvalue weighted by atomic mass is 32.2. The second-order valence-electron chi connectivity index (χ2n) is 6.07. The molecule has 0 saturated heterocycles. The molecule has 2 N–H and O–H groups in total. The number of hydrogen-bond acceptors (Lipinski definition) is 4. The Hall–Kier alpha value is -2.08. The molecule has 130 valence electrons. The minimum atomic E-state index is -3.32. The molecule has 0 saturated carbocycles. The van der Waals surface area contributed by atoms with Crippen LogP contribution in [-0.2, 0) is 10.0 Å². The molecule has 5 nitrogen and oxygen atoms in total. The van der Waals surface area contributed by atoms with Crippen molar-refractivity contribution >= 4 is 27.2 Å². The molecule has 1 aromatic heterocycles. The maximum Gasteiger partial charge on any atom is 0.233 e. The number of unbranched alkanes of at least 4 members (excludes halogenated alkanes) is 1. The second kappa shape index (κ2) is 8.15. The molecule has 0 unspecified atom stereocenters. The Morgan fingerprint density at radius 3 is 2.50 bits per heavy atom. The molecular weight excluding hydrogens is 322 g/mol. The van der Waals surface area contributed by atoms with Gasteiger partial charge in [-0.1, -0.05) is 45.4 Å². The standard InChI is InChI=1S/C18H25N3O2S/c1-4-5-12-24(22,23)21-18-11-10-15(13-19-18)20-17-9-7-6-8-16(17)14(2)3/h6-11,13-14,20H,4-5,12H2,1-3H3,(H,19,21). The molecule has 24 heavy (non-hydrogen) atoms. The molecule has 0 spiro atoms. The van der Waals surface area contributed by atoms with Crippen molar-refractivity contribution in [3.8, 4) is 0 Å². The first kappa shape index (κ1) is 18.3. The average molecular weight is 347 g/mol. The van der Waals surface area contributed by atoms with Crippen molar-refractivity contribution in [3.05, 3.63) is 48.2 Å². The van der Waals surface area contributed by atoms with Gasteiger partial charge >= 0.3 is 0 Å². The molecule has 0 aliphatic heterocycles. The van der Waals surface area contributed by atoms with E-state index >= 15 is 0 Å². The van der Waals surface area contributed by atoms with Crippen LogP contribution in [0, 0.1) is 0 Å². The summed E-state index contributed by atoms with van der Waals surface area (Å²) in [7, 11) is -3.32. The number of sulfonamides is 1. The Kier molecular flexibility index (Phi) is 6.20.